The van der Waals surface area contributed by atoms with Gasteiger partial charge in [0.2, 0.25) is 18.1 Å². The Kier molecular flexibility index (Phi) is 9.03. The minimum Gasteiger partial charge on any atom is -0.445 e. The summed E-state index contributed by atoms with van der Waals surface area (Å²) in [5, 5.41) is 14.9. The molecule has 0 radical (unpaired) electrons. The highest BCUT2D eigenvalue weighted by Gasteiger charge is 2.24. The van der Waals surface area contributed by atoms with E-state index in [-0.39, 0.29) is 18.6 Å². The standard InChI is InChI=1S/C23H27N7O3/c24-18-27-22(28-20-8-4-10-25-16-20)26-11-5-9-21(31)29-12-14-30(15-13-29)23(32)33-17-19-6-2-1-3-7-19/h1-4,6-8,10,16H,5,9,11-15,17H2,(H2,26,27,28). The van der Waals surface area contributed by atoms with E-state index in [1.807, 2.05) is 36.4 Å². The van der Waals surface area contributed by atoms with Crippen molar-refractivity contribution in [1.29, 1.82) is 5.26 Å². The molecule has 1 aromatic heterocycles. The van der Waals surface area contributed by atoms with Crippen LogP contribution < -0.4 is 10.6 Å². The van der Waals surface area contributed by atoms with Crippen molar-refractivity contribution in [3.8, 4) is 6.19 Å². The van der Waals surface area contributed by atoms with E-state index in [0.29, 0.717) is 57.2 Å². The van der Waals surface area contributed by atoms with Crippen LogP contribution in [0.3, 0.4) is 0 Å². The van der Waals surface area contributed by atoms with Gasteiger partial charge in [-0.25, -0.2) is 4.79 Å². The summed E-state index contributed by atoms with van der Waals surface area (Å²) < 4.78 is 5.36. The number of nitrogens with one attached hydrogen (secondary N) is 2. The summed E-state index contributed by atoms with van der Waals surface area (Å²) >= 11 is 0. The van der Waals surface area contributed by atoms with Crippen molar-refractivity contribution in [3.05, 3.63) is 60.4 Å². The Labute approximate surface area is 192 Å². The highest BCUT2D eigenvalue weighted by atomic mass is 16.6. The number of amides is 2. The molecule has 0 spiro atoms. The van der Waals surface area contributed by atoms with E-state index in [1.165, 1.54) is 0 Å². The van der Waals surface area contributed by atoms with Gasteiger partial charge >= 0.3 is 6.09 Å². The average molecular weight is 450 g/mol. The number of hydrogen-bond donors (Lipinski definition) is 2. The third kappa shape index (κ3) is 7.81. The molecule has 33 heavy (non-hydrogen) atoms. The summed E-state index contributed by atoms with van der Waals surface area (Å²) in [5.41, 5.74) is 1.64. The summed E-state index contributed by atoms with van der Waals surface area (Å²) in [7, 11) is 0. The second-order valence-electron chi connectivity index (χ2n) is 7.37. The Bertz CT molecular complexity index is 969. The lowest BCUT2D eigenvalue weighted by atomic mass is 10.2. The number of piperazine rings is 1. The molecule has 2 heterocycles. The molecule has 1 aliphatic rings. The maximum Gasteiger partial charge on any atom is 0.410 e. The van der Waals surface area contributed by atoms with Crippen LogP contribution in [0.5, 0.6) is 0 Å². The molecular formula is C23H27N7O3. The van der Waals surface area contributed by atoms with Crippen LogP contribution in [0.4, 0.5) is 10.5 Å². The summed E-state index contributed by atoms with van der Waals surface area (Å²) in [5.74, 6) is 0.341. The Morgan fingerprint density at radius 1 is 1.09 bits per heavy atom. The Balaban J connectivity index is 1.33. The van der Waals surface area contributed by atoms with Crippen LogP contribution in [-0.2, 0) is 16.1 Å². The Hall–Kier alpha value is -4.13. The van der Waals surface area contributed by atoms with Crippen molar-refractivity contribution in [3.63, 3.8) is 0 Å². The first kappa shape index (κ1) is 23.5. The van der Waals surface area contributed by atoms with Gasteiger partial charge in [0.15, 0.2) is 0 Å². The van der Waals surface area contributed by atoms with Crippen molar-refractivity contribution >= 4 is 23.6 Å². The van der Waals surface area contributed by atoms with Crippen LogP contribution in [0, 0.1) is 11.5 Å². The van der Waals surface area contributed by atoms with Crippen LogP contribution in [0.1, 0.15) is 18.4 Å². The molecule has 1 saturated heterocycles. The fraction of sp³-hybridized carbons (Fsp3) is 0.348. The van der Waals surface area contributed by atoms with Gasteiger partial charge in [-0.1, -0.05) is 30.3 Å². The van der Waals surface area contributed by atoms with E-state index in [1.54, 1.807) is 34.5 Å². The second-order valence-corrected chi connectivity index (χ2v) is 7.37. The van der Waals surface area contributed by atoms with Gasteiger partial charge in [0.05, 0.1) is 11.9 Å². The molecule has 2 amide bonds. The van der Waals surface area contributed by atoms with Crippen LogP contribution >= 0.6 is 0 Å². The first-order chi connectivity index (χ1) is 16.2. The van der Waals surface area contributed by atoms with Gasteiger partial charge < -0.3 is 25.2 Å². The molecular weight excluding hydrogens is 422 g/mol. The molecule has 0 bridgehead atoms. The van der Waals surface area contributed by atoms with Gasteiger partial charge in [-0.15, -0.1) is 4.99 Å². The normalized spacial score (nSPS) is 13.7. The van der Waals surface area contributed by atoms with Crippen LogP contribution in [-0.4, -0.2) is 65.5 Å². The largest absolute Gasteiger partial charge is 0.445 e. The number of carbonyl (C=O) groups excluding carboxylic acids is 2. The smallest absolute Gasteiger partial charge is 0.410 e. The fourth-order valence-corrected chi connectivity index (χ4v) is 3.29. The molecule has 2 aromatic rings. The minimum atomic E-state index is -0.361. The quantitative estimate of drug-likeness (QED) is 0.287. The molecule has 1 fully saturated rings. The summed E-state index contributed by atoms with van der Waals surface area (Å²) in [6.45, 7) is 2.58. The molecule has 1 aromatic carbocycles. The maximum absolute atomic E-state index is 12.5. The number of nitriles is 1. The number of guanidine groups is 1. The predicted octanol–water partition coefficient (Wildman–Crippen LogP) is 2.18. The Morgan fingerprint density at radius 2 is 1.85 bits per heavy atom. The minimum absolute atomic E-state index is 0.0353. The lowest BCUT2D eigenvalue weighted by Gasteiger charge is -2.34. The van der Waals surface area contributed by atoms with E-state index < -0.39 is 0 Å². The number of benzene rings is 1. The molecule has 0 unspecified atom stereocenters. The van der Waals surface area contributed by atoms with Gasteiger partial charge in [-0.2, -0.15) is 5.26 Å². The highest BCUT2D eigenvalue weighted by Crippen LogP contribution is 2.09. The number of pyridine rings is 1. The second kappa shape index (κ2) is 12.7. The first-order valence-electron chi connectivity index (χ1n) is 10.8. The lowest BCUT2D eigenvalue weighted by Crippen LogP contribution is -2.50. The van der Waals surface area contributed by atoms with Gasteiger partial charge in [0, 0.05) is 45.3 Å². The van der Waals surface area contributed by atoms with E-state index >= 15 is 0 Å². The molecule has 1 aliphatic heterocycles. The van der Waals surface area contributed by atoms with Gasteiger partial charge in [0.1, 0.15) is 6.61 Å². The predicted molar refractivity (Wildman–Crippen MR) is 123 cm³/mol. The van der Waals surface area contributed by atoms with Gasteiger partial charge in [-0.3, -0.25) is 9.78 Å². The van der Waals surface area contributed by atoms with Crippen LogP contribution in [0.15, 0.2) is 59.9 Å². The zero-order chi connectivity index (χ0) is 23.3. The van der Waals surface area contributed by atoms with Crippen molar-refractivity contribution < 1.29 is 14.3 Å². The molecule has 172 valence electrons. The van der Waals surface area contributed by atoms with Crippen LogP contribution in [0.2, 0.25) is 0 Å². The molecule has 0 saturated carbocycles. The summed E-state index contributed by atoms with van der Waals surface area (Å²) in [6, 6.07) is 13.1. The lowest BCUT2D eigenvalue weighted by molar-refractivity contribution is -0.132. The monoisotopic (exact) mass is 449 g/mol. The molecule has 3 rings (SSSR count). The zero-order valence-electron chi connectivity index (χ0n) is 18.3. The van der Waals surface area contributed by atoms with E-state index in [2.05, 4.69) is 20.6 Å². The number of nitrogens with zero attached hydrogens (tertiary/aromatic N) is 5. The third-order valence-electron chi connectivity index (χ3n) is 5.04. The van der Waals surface area contributed by atoms with Gasteiger partial charge in [-0.05, 0) is 24.1 Å². The molecule has 2 N–H and O–H groups in total. The topological polar surface area (TPSA) is 123 Å². The van der Waals surface area contributed by atoms with Crippen molar-refractivity contribution in [2.24, 2.45) is 4.99 Å². The summed E-state index contributed by atoms with van der Waals surface area (Å²) in [4.78, 5) is 35.9. The van der Waals surface area contributed by atoms with Crippen molar-refractivity contribution in [2.45, 2.75) is 19.4 Å². The number of hydrogen-bond acceptors (Lipinski definition) is 6. The first-order valence-corrected chi connectivity index (χ1v) is 10.8. The molecule has 10 nitrogen and oxygen atoms in total. The van der Waals surface area contributed by atoms with E-state index in [9.17, 15) is 9.59 Å². The average Bonchev–Trinajstić information content (AvgIpc) is 2.86. The molecule has 10 heteroatoms. The fourth-order valence-electron chi connectivity index (χ4n) is 3.29. The SMILES string of the molecule is N#C/N=C(\NCCCC(=O)N1CCN(C(=O)OCc2ccccc2)CC1)Nc1cccnc1. The van der Waals surface area contributed by atoms with Crippen molar-refractivity contribution in [2.75, 3.05) is 38.0 Å². The Morgan fingerprint density at radius 3 is 2.55 bits per heavy atom. The van der Waals surface area contributed by atoms with Crippen molar-refractivity contribution in [1.82, 2.24) is 20.1 Å². The number of rotatable bonds is 7. The zero-order valence-corrected chi connectivity index (χ0v) is 18.3. The molecule has 0 aliphatic carbocycles. The summed E-state index contributed by atoms with van der Waals surface area (Å²) in [6.07, 6.45) is 5.60. The molecule has 0 atom stereocenters. The van der Waals surface area contributed by atoms with Gasteiger partial charge in [0.25, 0.3) is 0 Å². The number of aliphatic imine (C=N–C) groups is 1. The number of carbonyl (C=O) groups is 2. The highest BCUT2D eigenvalue weighted by molar-refractivity contribution is 5.94. The van der Waals surface area contributed by atoms with E-state index in [0.717, 1.165) is 5.56 Å². The van der Waals surface area contributed by atoms with Crippen LogP contribution in [0.25, 0.3) is 0 Å². The van der Waals surface area contributed by atoms with E-state index in [4.69, 9.17) is 10.00 Å². The maximum atomic E-state index is 12.5. The number of ether oxygens (including phenoxy) is 1. The number of aromatic nitrogens is 1. The third-order valence-corrected chi connectivity index (χ3v) is 5.04. The number of anilines is 1.